The number of rotatable bonds is 5. The van der Waals surface area contributed by atoms with Gasteiger partial charge in [-0.15, -0.1) is 0 Å². The standard InChI is InChI=1S/C22H34O3/c1-13(2)8-7-9-14(3)19-12-20(25-17(6)23)16(5)18-11-10-15(4)21(18)22(19)24/h8,10,14,18-22,24H,5,7,9,11-12H2,1-4,6H3/t14?,18-,19-,20-,21+,22+/m0/s1. The highest BCUT2D eigenvalue weighted by atomic mass is 16.5. The van der Waals surface area contributed by atoms with Crippen LogP contribution in [0, 0.1) is 23.7 Å². The molecule has 2 rings (SSSR count). The number of esters is 1. The predicted molar refractivity (Wildman–Crippen MR) is 102 cm³/mol. The molecule has 0 saturated heterocycles. The average molecular weight is 347 g/mol. The Bertz CT molecular complexity index is 568. The summed E-state index contributed by atoms with van der Waals surface area (Å²) in [4.78, 5) is 11.6. The normalized spacial score (nSPS) is 33.1. The fourth-order valence-corrected chi connectivity index (χ4v) is 4.59. The van der Waals surface area contributed by atoms with E-state index in [1.807, 2.05) is 0 Å². The van der Waals surface area contributed by atoms with Crippen molar-refractivity contribution in [2.75, 3.05) is 0 Å². The van der Waals surface area contributed by atoms with Crippen LogP contribution < -0.4 is 0 Å². The summed E-state index contributed by atoms with van der Waals surface area (Å²) < 4.78 is 5.61. The molecule has 1 saturated carbocycles. The van der Waals surface area contributed by atoms with E-state index in [1.54, 1.807) is 0 Å². The van der Waals surface area contributed by atoms with Gasteiger partial charge in [0.1, 0.15) is 6.10 Å². The molecule has 2 aliphatic rings. The number of allylic oxidation sites excluding steroid dienone is 3. The minimum atomic E-state index is -0.400. The third-order valence-electron chi connectivity index (χ3n) is 6.05. The molecule has 2 aliphatic carbocycles. The summed E-state index contributed by atoms with van der Waals surface area (Å²) in [6, 6.07) is 0. The van der Waals surface area contributed by atoms with E-state index >= 15 is 0 Å². The first-order valence-electron chi connectivity index (χ1n) is 9.56. The van der Waals surface area contributed by atoms with Crippen LogP contribution in [0.25, 0.3) is 0 Å². The zero-order valence-electron chi connectivity index (χ0n) is 16.4. The van der Waals surface area contributed by atoms with Gasteiger partial charge in [-0.05, 0) is 69.8 Å². The first kappa shape index (κ1) is 20.0. The van der Waals surface area contributed by atoms with Gasteiger partial charge in [0.15, 0.2) is 0 Å². The lowest BCUT2D eigenvalue weighted by molar-refractivity contribution is -0.145. The van der Waals surface area contributed by atoms with Crippen molar-refractivity contribution in [3.8, 4) is 0 Å². The molecule has 0 aromatic rings. The van der Waals surface area contributed by atoms with E-state index in [2.05, 4.69) is 46.4 Å². The van der Waals surface area contributed by atoms with Gasteiger partial charge in [0, 0.05) is 12.8 Å². The van der Waals surface area contributed by atoms with Crippen LogP contribution in [0.4, 0.5) is 0 Å². The number of aliphatic hydroxyl groups excluding tert-OH is 1. The highest BCUT2D eigenvalue weighted by molar-refractivity contribution is 5.66. The van der Waals surface area contributed by atoms with Gasteiger partial charge in [0.25, 0.3) is 0 Å². The van der Waals surface area contributed by atoms with Crippen LogP contribution in [0.15, 0.2) is 35.5 Å². The lowest BCUT2D eigenvalue weighted by Gasteiger charge is -2.32. The number of aliphatic hydroxyl groups is 1. The summed E-state index contributed by atoms with van der Waals surface area (Å²) >= 11 is 0. The van der Waals surface area contributed by atoms with E-state index in [1.165, 1.54) is 18.1 Å². The van der Waals surface area contributed by atoms with Crippen LogP contribution in [0.3, 0.4) is 0 Å². The van der Waals surface area contributed by atoms with E-state index < -0.39 is 6.10 Å². The topological polar surface area (TPSA) is 46.5 Å². The Labute approximate surface area is 152 Å². The molecule has 0 spiro atoms. The maximum Gasteiger partial charge on any atom is 0.303 e. The summed E-state index contributed by atoms with van der Waals surface area (Å²) in [6.07, 6.45) is 7.41. The minimum Gasteiger partial charge on any atom is -0.458 e. The largest absolute Gasteiger partial charge is 0.458 e. The van der Waals surface area contributed by atoms with E-state index in [9.17, 15) is 9.90 Å². The molecule has 3 nitrogen and oxygen atoms in total. The van der Waals surface area contributed by atoms with Gasteiger partial charge < -0.3 is 9.84 Å². The maximum absolute atomic E-state index is 11.6. The van der Waals surface area contributed by atoms with Gasteiger partial charge in [0.2, 0.25) is 0 Å². The van der Waals surface area contributed by atoms with Crippen LogP contribution in [-0.4, -0.2) is 23.3 Å². The maximum atomic E-state index is 11.6. The molecule has 25 heavy (non-hydrogen) atoms. The summed E-state index contributed by atoms with van der Waals surface area (Å²) in [5.74, 6) is 0.516. The lowest BCUT2D eigenvalue weighted by atomic mass is 9.76. The third-order valence-corrected chi connectivity index (χ3v) is 6.05. The lowest BCUT2D eigenvalue weighted by Crippen LogP contribution is -2.34. The minimum absolute atomic E-state index is 0.114. The fourth-order valence-electron chi connectivity index (χ4n) is 4.59. The molecule has 1 fully saturated rings. The molecular formula is C22H34O3. The van der Waals surface area contributed by atoms with Crippen molar-refractivity contribution in [1.82, 2.24) is 0 Å². The van der Waals surface area contributed by atoms with E-state index in [0.29, 0.717) is 12.3 Å². The van der Waals surface area contributed by atoms with Crippen LogP contribution in [0.5, 0.6) is 0 Å². The molecule has 1 unspecified atom stereocenters. The Morgan fingerprint density at radius 1 is 1.44 bits per heavy atom. The molecular weight excluding hydrogens is 312 g/mol. The van der Waals surface area contributed by atoms with Crippen LogP contribution in [0.2, 0.25) is 0 Å². The van der Waals surface area contributed by atoms with Crippen LogP contribution >= 0.6 is 0 Å². The summed E-state index contributed by atoms with van der Waals surface area (Å²) in [7, 11) is 0. The Hall–Kier alpha value is -1.35. The van der Waals surface area contributed by atoms with Crippen molar-refractivity contribution in [2.24, 2.45) is 23.7 Å². The molecule has 0 amide bonds. The quantitative estimate of drug-likeness (QED) is 0.573. The summed E-state index contributed by atoms with van der Waals surface area (Å²) in [5, 5.41) is 11.2. The molecule has 0 aromatic heterocycles. The second kappa shape index (κ2) is 8.35. The molecule has 0 heterocycles. The van der Waals surface area contributed by atoms with Gasteiger partial charge >= 0.3 is 5.97 Å². The van der Waals surface area contributed by atoms with Crippen molar-refractivity contribution < 1.29 is 14.6 Å². The highest BCUT2D eigenvalue weighted by Crippen LogP contribution is 2.48. The molecule has 140 valence electrons. The number of fused-ring (bicyclic) bond motifs is 1. The second-order valence-electron chi connectivity index (χ2n) is 8.22. The molecule has 0 bridgehead atoms. The van der Waals surface area contributed by atoms with Gasteiger partial charge in [-0.1, -0.05) is 36.8 Å². The molecule has 0 aliphatic heterocycles. The number of carbonyl (C=O) groups is 1. The van der Waals surface area contributed by atoms with Gasteiger partial charge in [-0.2, -0.15) is 0 Å². The van der Waals surface area contributed by atoms with Crippen LogP contribution in [-0.2, 0) is 9.53 Å². The van der Waals surface area contributed by atoms with Crippen LogP contribution in [0.1, 0.15) is 60.3 Å². The Balaban J connectivity index is 2.23. The first-order valence-corrected chi connectivity index (χ1v) is 9.56. The first-order chi connectivity index (χ1) is 11.7. The Morgan fingerprint density at radius 2 is 2.12 bits per heavy atom. The SMILES string of the molecule is C=C1[C@@H](OC(C)=O)C[C@@H](C(C)CCC=C(C)C)[C@@H](O)[C@@H]2C(C)=CC[C@@H]12. The number of carbonyl (C=O) groups excluding carboxylic acids is 1. The van der Waals surface area contributed by atoms with Gasteiger partial charge in [-0.3, -0.25) is 4.79 Å². The van der Waals surface area contributed by atoms with Crippen molar-refractivity contribution in [2.45, 2.75) is 72.5 Å². The monoisotopic (exact) mass is 346 g/mol. The van der Waals surface area contributed by atoms with Crippen molar-refractivity contribution in [3.05, 3.63) is 35.5 Å². The highest BCUT2D eigenvalue weighted by Gasteiger charge is 2.46. The molecule has 3 heteroatoms. The summed E-state index contributed by atoms with van der Waals surface area (Å²) in [5.41, 5.74) is 3.56. The fraction of sp³-hybridized carbons (Fsp3) is 0.682. The van der Waals surface area contributed by atoms with Crippen molar-refractivity contribution in [3.63, 3.8) is 0 Å². The number of hydrogen-bond donors (Lipinski definition) is 1. The third kappa shape index (κ3) is 4.63. The molecule has 6 atom stereocenters. The van der Waals surface area contributed by atoms with Gasteiger partial charge in [-0.25, -0.2) is 0 Å². The van der Waals surface area contributed by atoms with E-state index in [4.69, 9.17) is 4.74 Å². The smallest absolute Gasteiger partial charge is 0.303 e. The molecule has 1 N–H and O–H groups in total. The van der Waals surface area contributed by atoms with Crippen molar-refractivity contribution in [1.29, 1.82) is 0 Å². The van der Waals surface area contributed by atoms with E-state index in [0.717, 1.165) is 24.8 Å². The van der Waals surface area contributed by atoms with E-state index in [-0.39, 0.29) is 29.8 Å². The zero-order chi connectivity index (χ0) is 18.7. The zero-order valence-corrected chi connectivity index (χ0v) is 16.4. The average Bonchev–Trinajstić information content (AvgIpc) is 2.86. The second-order valence-corrected chi connectivity index (χ2v) is 8.22. The number of hydrogen-bond acceptors (Lipinski definition) is 3. The Morgan fingerprint density at radius 3 is 2.72 bits per heavy atom. The molecule has 0 aromatic carbocycles. The van der Waals surface area contributed by atoms with Gasteiger partial charge in [0.05, 0.1) is 6.10 Å². The molecule has 0 radical (unpaired) electrons. The van der Waals surface area contributed by atoms with Crippen molar-refractivity contribution >= 4 is 5.97 Å². The predicted octanol–water partition coefficient (Wildman–Crippen LogP) is 4.82. The Kier molecular flexibility index (Phi) is 6.67. The number of ether oxygens (including phenoxy) is 1. The summed E-state index contributed by atoms with van der Waals surface area (Å²) in [6.45, 7) is 14.3.